The highest BCUT2D eigenvalue weighted by Gasteiger charge is 2.40. The van der Waals surface area contributed by atoms with Gasteiger partial charge in [-0.05, 0) is 66.2 Å². The monoisotopic (exact) mass is 391 g/mol. The van der Waals surface area contributed by atoms with Gasteiger partial charge in [0, 0.05) is 29.1 Å². The fourth-order valence-electron chi connectivity index (χ4n) is 6.07. The summed E-state index contributed by atoms with van der Waals surface area (Å²) in [4.78, 5) is 0. The Bertz CT molecular complexity index is 512. The summed E-state index contributed by atoms with van der Waals surface area (Å²) in [5.41, 5.74) is 1.31. The molecule has 1 saturated heterocycles. The van der Waals surface area contributed by atoms with Crippen LogP contribution in [0.15, 0.2) is 11.5 Å². The molecule has 0 atom stereocenters. The molecular formula is C24H45N3O. The van der Waals surface area contributed by atoms with Crippen molar-refractivity contribution >= 4 is 0 Å². The van der Waals surface area contributed by atoms with Gasteiger partial charge in [0.1, 0.15) is 5.76 Å². The third-order valence-corrected chi connectivity index (χ3v) is 7.04. The number of aliphatic hydroxyl groups is 1. The topological polar surface area (TPSA) is 56.3 Å². The summed E-state index contributed by atoms with van der Waals surface area (Å²) >= 11 is 0. The molecule has 4 nitrogen and oxygen atoms in total. The maximum atomic E-state index is 11.2. The quantitative estimate of drug-likeness (QED) is 0.473. The molecule has 28 heavy (non-hydrogen) atoms. The first kappa shape index (κ1) is 22.0. The van der Waals surface area contributed by atoms with E-state index in [0.29, 0.717) is 30.3 Å². The molecule has 2 saturated carbocycles. The van der Waals surface area contributed by atoms with Crippen LogP contribution >= 0.6 is 0 Å². The van der Waals surface area contributed by atoms with Crippen LogP contribution in [0.25, 0.3) is 0 Å². The summed E-state index contributed by atoms with van der Waals surface area (Å²) in [6, 6.07) is 1.11. The lowest BCUT2D eigenvalue weighted by molar-refractivity contribution is 0.135. The molecule has 3 aliphatic rings. The lowest BCUT2D eigenvalue weighted by Gasteiger charge is -2.47. The normalized spacial score (nSPS) is 28.0. The Balaban J connectivity index is 1.74. The zero-order chi connectivity index (χ0) is 20.2. The fourth-order valence-corrected chi connectivity index (χ4v) is 6.07. The average Bonchev–Trinajstić information content (AvgIpc) is 2.63. The molecule has 162 valence electrons. The van der Waals surface area contributed by atoms with Gasteiger partial charge in [0.05, 0.1) is 12.2 Å². The van der Waals surface area contributed by atoms with Crippen LogP contribution in [-0.4, -0.2) is 34.8 Å². The number of hydrogen-bond acceptors (Lipinski definition) is 4. The third kappa shape index (κ3) is 6.38. The molecule has 0 unspecified atom stereocenters. The molecule has 3 fully saturated rings. The predicted molar refractivity (Wildman–Crippen MR) is 119 cm³/mol. The van der Waals surface area contributed by atoms with Gasteiger partial charge in [-0.3, -0.25) is 0 Å². The minimum Gasteiger partial charge on any atom is -0.509 e. The van der Waals surface area contributed by atoms with E-state index in [-0.39, 0.29) is 11.1 Å². The average molecular weight is 392 g/mol. The molecule has 0 bridgehead atoms. The van der Waals surface area contributed by atoms with E-state index in [0.717, 1.165) is 18.5 Å². The zero-order valence-corrected chi connectivity index (χ0v) is 18.9. The van der Waals surface area contributed by atoms with Gasteiger partial charge >= 0.3 is 0 Å². The van der Waals surface area contributed by atoms with Gasteiger partial charge in [0.25, 0.3) is 0 Å². The molecular weight excluding hydrogens is 346 g/mol. The molecule has 0 radical (unpaired) electrons. The molecule has 0 amide bonds. The van der Waals surface area contributed by atoms with Crippen LogP contribution in [0.4, 0.5) is 0 Å². The SMILES string of the molecule is CC1(C)CC(C(NC2CCCCC2)=C(O)CNC2CCCCC2)CC(C)(C)N1. The van der Waals surface area contributed by atoms with Crippen LogP contribution < -0.4 is 16.0 Å². The van der Waals surface area contributed by atoms with Gasteiger partial charge in [-0.25, -0.2) is 0 Å². The largest absolute Gasteiger partial charge is 0.509 e. The van der Waals surface area contributed by atoms with Crippen molar-refractivity contribution in [2.45, 2.75) is 128 Å². The number of hydrogen-bond donors (Lipinski definition) is 4. The lowest BCUT2D eigenvalue weighted by Crippen LogP contribution is -2.59. The van der Waals surface area contributed by atoms with Crippen molar-refractivity contribution in [2.75, 3.05) is 6.54 Å². The summed E-state index contributed by atoms with van der Waals surface area (Å²) < 4.78 is 0. The molecule has 0 aromatic rings. The molecule has 3 rings (SSSR count). The molecule has 0 aromatic carbocycles. The first-order chi connectivity index (χ1) is 13.2. The molecule has 1 heterocycles. The molecule has 1 aliphatic heterocycles. The zero-order valence-electron chi connectivity index (χ0n) is 18.9. The van der Waals surface area contributed by atoms with Gasteiger partial charge in [-0.2, -0.15) is 0 Å². The fraction of sp³-hybridized carbons (Fsp3) is 0.917. The Labute approximate surface area is 173 Å². The summed E-state index contributed by atoms with van der Waals surface area (Å²) in [5.74, 6) is 0.955. The van der Waals surface area contributed by atoms with Gasteiger partial charge in [-0.1, -0.05) is 38.5 Å². The predicted octanol–water partition coefficient (Wildman–Crippen LogP) is 5.16. The summed E-state index contributed by atoms with van der Waals surface area (Å²) in [6.07, 6.45) is 15.1. The van der Waals surface area contributed by atoms with Gasteiger partial charge in [0.2, 0.25) is 0 Å². The second-order valence-corrected chi connectivity index (χ2v) is 11.1. The minimum absolute atomic E-state index is 0.0863. The second-order valence-electron chi connectivity index (χ2n) is 11.1. The van der Waals surface area contributed by atoms with E-state index >= 15 is 0 Å². The maximum Gasteiger partial charge on any atom is 0.125 e. The van der Waals surface area contributed by atoms with Crippen molar-refractivity contribution in [3.63, 3.8) is 0 Å². The van der Waals surface area contributed by atoms with Crippen LogP contribution in [0.3, 0.4) is 0 Å². The number of nitrogens with one attached hydrogen (secondary N) is 3. The Morgan fingerprint density at radius 3 is 1.86 bits per heavy atom. The molecule has 4 N–H and O–H groups in total. The van der Waals surface area contributed by atoms with Crippen molar-refractivity contribution in [2.24, 2.45) is 5.92 Å². The second kappa shape index (κ2) is 9.38. The van der Waals surface area contributed by atoms with Crippen LogP contribution in [0.1, 0.15) is 105 Å². The Morgan fingerprint density at radius 2 is 1.32 bits per heavy atom. The van der Waals surface area contributed by atoms with E-state index in [1.54, 1.807) is 0 Å². The van der Waals surface area contributed by atoms with Crippen molar-refractivity contribution < 1.29 is 5.11 Å². The smallest absolute Gasteiger partial charge is 0.125 e. The lowest BCUT2D eigenvalue weighted by atomic mass is 9.74. The maximum absolute atomic E-state index is 11.2. The van der Waals surface area contributed by atoms with E-state index in [1.807, 2.05) is 0 Å². The van der Waals surface area contributed by atoms with Crippen molar-refractivity contribution in [1.29, 1.82) is 0 Å². The highest BCUT2D eigenvalue weighted by atomic mass is 16.3. The van der Waals surface area contributed by atoms with Crippen LogP contribution in [0.5, 0.6) is 0 Å². The highest BCUT2D eigenvalue weighted by molar-refractivity contribution is 5.17. The highest BCUT2D eigenvalue weighted by Crippen LogP contribution is 2.37. The number of aliphatic hydroxyl groups excluding tert-OH is 1. The summed E-state index contributed by atoms with van der Waals surface area (Å²) in [7, 11) is 0. The molecule has 4 heteroatoms. The van der Waals surface area contributed by atoms with Crippen LogP contribution in [0, 0.1) is 5.92 Å². The van der Waals surface area contributed by atoms with E-state index in [1.165, 1.54) is 64.2 Å². The van der Waals surface area contributed by atoms with Crippen molar-refractivity contribution in [1.82, 2.24) is 16.0 Å². The van der Waals surface area contributed by atoms with Crippen LogP contribution in [-0.2, 0) is 0 Å². The summed E-state index contributed by atoms with van der Waals surface area (Å²) in [5, 5.41) is 22.5. The van der Waals surface area contributed by atoms with E-state index < -0.39 is 0 Å². The van der Waals surface area contributed by atoms with E-state index in [9.17, 15) is 5.11 Å². The minimum atomic E-state index is 0.0863. The Kier molecular flexibility index (Phi) is 7.36. The Hall–Kier alpha value is -0.740. The van der Waals surface area contributed by atoms with Crippen LogP contribution in [0.2, 0.25) is 0 Å². The van der Waals surface area contributed by atoms with E-state index in [2.05, 4.69) is 43.6 Å². The molecule has 0 spiro atoms. The Morgan fingerprint density at radius 1 is 0.821 bits per heavy atom. The van der Waals surface area contributed by atoms with Crippen molar-refractivity contribution in [3.8, 4) is 0 Å². The van der Waals surface area contributed by atoms with Gasteiger partial charge in [0.15, 0.2) is 0 Å². The first-order valence-corrected chi connectivity index (χ1v) is 12.0. The standard InChI is InChI=1S/C24H45N3O/c1-23(2)15-18(16-24(3,4)27-23)22(26-20-13-9-6-10-14-20)21(28)17-25-19-11-7-5-8-12-19/h18-20,25-28H,5-17H2,1-4H3. The number of rotatable bonds is 6. The number of piperidine rings is 1. The molecule has 0 aromatic heterocycles. The molecule has 2 aliphatic carbocycles. The van der Waals surface area contributed by atoms with E-state index in [4.69, 9.17) is 0 Å². The third-order valence-electron chi connectivity index (χ3n) is 7.04. The van der Waals surface area contributed by atoms with Crippen molar-refractivity contribution in [3.05, 3.63) is 11.5 Å². The number of allylic oxidation sites excluding steroid dienone is 1. The summed E-state index contributed by atoms with van der Waals surface area (Å²) in [6.45, 7) is 9.82. The first-order valence-electron chi connectivity index (χ1n) is 12.0. The van der Waals surface area contributed by atoms with Gasteiger partial charge < -0.3 is 21.1 Å². The van der Waals surface area contributed by atoms with Gasteiger partial charge in [-0.15, -0.1) is 0 Å².